The van der Waals surface area contributed by atoms with E-state index in [1.54, 1.807) is 38.5 Å². The van der Waals surface area contributed by atoms with Crippen molar-refractivity contribution in [1.82, 2.24) is 5.32 Å². The lowest BCUT2D eigenvalue weighted by atomic mass is 10.1. The van der Waals surface area contributed by atoms with Crippen molar-refractivity contribution in [3.05, 3.63) is 76.8 Å². The van der Waals surface area contributed by atoms with Crippen LogP contribution in [0.4, 0.5) is 5.69 Å². The zero-order valence-electron chi connectivity index (χ0n) is 18.9. The van der Waals surface area contributed by atoms with Gasteiger partial charge in [-0.1, -0.05) is 29.8 Å². The van der Waals surface area contributed by atoms with Crippen molar-refractivity contribution in [2.45, 2.75) is 11.3 Å². The molecular formula is C24H25ClN2O6S. The van der Waals surface area contributed by atoms with E-state index in [0.717, 1.165) is 5.56 Å². The Morgan fingerprint density at radius 3 is 2.26 bits per heavy atom. The molecule has 8 nitrogen and oxygen atoms in total. The second kappa shape index (κ2) is 11.1. The highest BCUT2D eigenvalue weighted by Gasteiger charge is 2.22. The van der Waals surface area contributed by atoms with Crippen LogP contribution in [0.3, 0.4) is 0 Å². The van der Waals surface area contributed by atoms with Gasteiger partial charge in [0.2, 0.25) is 0 Å². The van der Waals surface area contributed by atoms with Crippen molar-refractivity contribution >= 4 is 33.2 Å². The molecular weight excluding hydrogens is 480 g/mol. The molecule has 0 fully saturated rings. The average Bonchev–Trinajstić information content (AvgIpc) is 2.83. The van der Waals surface area contributed by atoms with Crippen molar-refractivity contribution in [3.63, 3.8) is 0 Å². The fraction of sp³-hybridized carbons (Fsp3) is 0.208. The first-order valence-electron chi connectivity index (χ1n) is 10.2. The van der Waals surface area contributed by atoms with Crippen molar-refractivity contribution in [3.8, 4) is 17.2 Å². The van der Waals surface area contributed by atoms with Crippen LogP contribution in [0.5, 0.6) is 17.2 Å². The van der Waals surface area contributed by atoms with Crippen LogP contribution in [0.1, 0.15) is 15.9 Å². The highest BCUT2D eigenvalue weighted by Crippen LogP contribution is 2.30. The number of hydrogen-bond acceptors (Lipinski definition) is 6. The van der Waals surface area contributed by atoms with Crippen LogP contribution >= 0.6 is 11.6 Å². The van der Waals surface area contributed by atoms with Crippen molar-refractivity contribution in [2.75, 3.05) is 32.6 Å². The van der Waals surface area contributed by atoms with E-state index in [4.69, 9.17) is 25.8 Å². The number of carbonyl (C=O) groups is 1. The highest BCUT2D eigenvalue weighted by molar-refractivity contribution is 7.92. The summed E-state index contributed by atoms with van der Waals surface area (Å²) in [5.41, 5.74) is 1.26. The Balaban J connectivity index is 1.74. The summed E-state index contributed by atoms with van der Waals surface area (Å²) in [6.07, 6.45) is 0.541. The smallest absolute Gasteiger partial charge is 0.265 e. The summed E-state index contributed by atoms with van der Waals surface area (Å²) < 4.78 is 44.2. The summed E-state index contributed by atoms with van der Waals surface area (Å²) in [7, 11) is 0.403. The monoisotopic (exact) mass is 504 g/mol. The first-order chi connectivity index (χ1) is 16.3. The number of nitrogens with one attached hydrogen (secondary N) is 2. The molecule has 0 spiro atoms. The molecule has 0 atom stereocenters. The Bertz CT molecular complexity index is 1280. The van der Waals surface area contributed by atoms with Gasteiger partial charge in [0.1, 0.15) is 10.6 Å². The number of para-hydroxylation sites is 1. The fourth-order valence-electron chi connectivity index (χ4n) is 3.28. The Hall–Kier alpha value is -3.43. The van der Waals surface area contributed by atoms with Crippen LogP contribution in [0.25, 0.3) is 0 Å². The van der Waals surface area contributed by atoms with Gasteiger partial charge >= 0.3 is 0 Å². The predicted molar refractivity (Wildman–Crippen MR) is 131 cm³/mol. The minimum absolute atomic E-state index is 0.133. The van der Waals surface area contributed by atoms with E-state index in [2.05, 4.69) is 10.0 Å². The van der Waals surface area contributed by atoms with Gasteiger partial charge in [0.05, 0.1) is 32.6 Å². The molecule has 1 amide bonds. The molecule has 0 radical (unpaired) electrons. The Morgan fingerprint density at radius 1 is 0.882 bits per heavy atom. The normalized spacial score (nSPS) is 10.9. The van der Waals surface area contributed by atoms with Crippen LogP contribution in [0.15, 0.2) is 65.6 Å². The Morgan fingerprint density at radius 2 is 1.56 bits per heavy atom. The van der Waals surface area contributed by atoms with E-state index in [-0.39, 0.29) is 26.9 Å². The zero-order chi connectivity index (χ0) is 24.7. The van der Waals surface area contributed by atoms with Gasteiger partial charge in [-0.15, -0.1) is 0 Å². The molecule has 0 bridgehead atoms. The lowest BCUT2D eigenvalue weighted by Gasteiger charge is -2.15. The fourth-order valence-corrected chi connectivity index (χ4v) is 4.79. The van der Waals surface area contributed by atoms with Crippen LogP contribution in [-0.2, 0) is 16.4 Å². The molecule has 2 N–H and O–H groups in total. The summed E-state index contributed by atoms with van der Waals surface area (Å²) in [6, 6.07) is 16.1. The number of methoxy groups -OCH3 is 3. The highest BCUT2D eigenvalue weighted by atomic mass is 35.5. The Kier molecular flexibility index (Phi) is 8.25. The van der Waals surface area contributed by atoms with Crippen LogP contribution in [-0.4, -0.2) is 42.2 Å². The molecule has 0 unspecified atom stereocenters. The van der Waals surface area contributed by atoms with Crippen LogP contribution in [0, 0.1) is 0 Å². The van der Waals surface area contributed by atoms with Crippen molar-refractivity contribution < 1.29 is 27.4 Å². The molecule has 0 saturated carbocycles. The number of amides is 1. The molecule has 0 aliphatic heterocycles. The maximum Gasteiger partial charge on any atom is 0.265 e. The topological polar surface area (TPSA) is 103 Å². The standard InChI is InChI=1S/C24H25ClN2O6S/c1-31-20-10-8-16(14-22(20)33-3)12-13-26-24(28)18-6-4-5-7-19(18)27-34(29,30)23-15-17(25)9-11-21(23)32-2/h4-11,14-15,27H,12-13H2,1-3H3,(H,26,28). The quantitative estimate of drug-likeness (QED) is 0.430. The SMILES string of the molecule is COc1ccc(CCNC(=O)c2ccccc2NS(=O)(=O)c2cc(Cl)ccc2OC)cc1OC. The van der Waals surface area contributed by atoms with Gasteiger partial charge in [0.25, 0.3) is 15.9 Å². The molecule has 0 aliphatic rings. The van der Waals surface area contributed by atoms with Crippen LogP contribution in [0.2, 0.25) is 5.02 Å². The summed E-state index contributed by atoms with van der Waals surface area (Å²) >= 11 is 5.98. The molecule has 34 heavy (non-hydrogen) atoms. The van der Waals surface area contributed by atoms with E-state index in [1.807, 2.05) is 12.1 Å². The Labute approximate surface area is 203 Å². The molecule has 0 aliphatic carbocycles. The molecule has 0 aromatic heterocycles. The molecule has 0 saturated heterocycles. The summed E-state index contributed by atoms with van der Waals surface area (Å²) in [4.78, 5) is 12.7. The van der Waals surface area contributed by atoms with E-state index in [9.17, 15) is 13.2 Å². The average molecular weight is 505 g/mol. The van der Waals surface area contributed by atoms with Crippen molar-refractivity contribution in [2.24, 2.45) is 0 Å². The first-order valence-corrected chi connectivity index (χ1v) is 12.1. The van der Waals surface area contributed by atoms with Gasteiger partial charge in [0.15, 0.2) is 11.5 Å². The van der Waals surface area contributed by atoms with Gasteiger partial charge in [-0.3, -0.25) is 9.52 Å². The first kappa shape index (κ1) is 25.2. The molecule has 3 aromatic carbocycles. The number of ether oxygens (including phenoxy) is 3. The van der Waals surface area contributed by atoms with E-state index in [0.29, 0.717) is 24.5 Å². The second-order valence-corrected chi connectivity index (χ2v) is 9.23. The number of benzene rings is 3. The van der Waals surface area contributed by atoms with Crippen molar-refractivity contribution in [1.29, 1.82) is 0 Å². The number of carbonyl (C=O) groups excluding carboxylic acids is 1. The third kappa shape index (κ3) is 5.92. The third-order valence-electron chi connectivity index (χ3n) is 4.98. The summed E-state index contributed by atoms with van der Waals surface area (Å²) in [6.45, 7) is 0.331. The van der Waals surface area contributed by atoms with Crippen LogP contribution < -0.4 is 24.2 Å². The number of sulfonamides is 1. The minimum atomic E-state index is -4.08. The minimum Gasteiger partial charge on any atom is -0.495 e. The maximum absolute atomic E-state index is 13.0. The summed E-state index contributed by atoms with van der Waals surface area (Å²) in [5.74, 6) is 0.931. The van der Waals surface area contributed by atoms with Gasteiger partial charge in [0, 0.05) is 11.6 Å². The maximum atomic E-state index is 13.0. The number of halogens is 1. The van der Waals surface area contributed by atoms with Gasteiger partial charge in [-0.25, -0.2) is 8.42 Å². The zero-order valence-corrected chi connectivity index (χ0v) is 20.5. The van der Waals surface area contributed by atoms with Gasteiger partial charge in [-0.05, 0) is 54.4 Å². The number of anilines is 1. The summed E-state index contributed by atoms with van der Waals surface area (Å²) in [5, 5.41) is 3.06. The van der Waals surface area contributed by atoms with Gasteiger partial charge in [-0.2, -0.15) is 0 Å². The number of rotatable bonds is 10. The van der Waals surface area contributed by atoms with E-state index < -0.39 is 15.9 Å². The second-order valence-electron chi connectivity index (χ2n) is 7.14. The lowest BCUT2D eigenvalue weighted by Crippen LogP contribution is -2.27. The molecule has 180 valence electrons. The number of hydrogen-bond donors (Lipinski definition) is 2. The molecule has 10 heteroatoms. The van der Waals surface area contributed by atoms with Gasteiger partial charge < -0.3 is 19.5 Å². The third-order valence-corrected chi connectivity index (χ3v) is 6.60. The molecule has 3 aromatic rings. The van der Waals surface area contributed by atoms with E-state index in [1.165, 1.54) is 31.4 Å². The molecule has 3 rings (SSSR count). The van der Waals surface area contributed by atoms with E-state index >= 15 is 0 Å². The lowest BCUT2D eigenvalue weighted by molar-refractivity contribution is 0.0955. The largest absolute Gasteiger partial charge is 0.495 e. The molecule has 0 heterocycles. The predicted octanol–water partition coefficient (Wildman–Crippen LogP) is 4.14.